The number of hydrogen-bond acceptors (Lipinski definition) is 1. The van der Waals surface area contributed by atoms with Crippen molar-refractivity contribution in [2.24, 2.45) is 0 Å². The molecule has 0 fully saturated rings. The van der Waals surface area contributed by atoms with Crippen LogP contribution in [0.25, 0.3) is 16.9 Å². The molecule has 0 saturated carbocycles. The third kappa shape index (κ3) is 2.60. The van der Waals surface area contributed by atoms with Gasteiger partial charge in [0.2, 0.25) is 0 Å². The van der Waals surface area contributed by atoms with Crippen LogP contribution in [-0.2, 0) is 0 Å². The number of nitrogens with zero attached hydrogens (tertiary/aromatic N) is 2. The Morgan fingerprint density at radius 2 is 1.72 bits per heavy atom. The maximum atomic E-state index is 5.94. The van der Waals surface area contributed by atoms with Crippen LogP contribution >= 0.6 is 44.5 Å². The van der Waals surface area contributed by atoms with Gasteiger partial charge in [0.15, 0.2) is 0 Å². The summed E-state index contributed by atoms with van der Waals surface area (Å²) in [5, 5.41) is 0.706. The van der Waals surface area contributed by atoms with E-state index in [-0.39, 0.29) is 17.0 Å². The molecule has 18 heavy (non-hydrogen) atoms. The van der Waals surface area contributed by atoms with Gasteiger partial charge < -0.3 is 4.40 Å². The lowest BCUT2D eigenvalue weighted by atomic mass is 10.2. The van der Waals surface area contributed by atoms with Gasteiger partial charge in [-0.3, -0.25) is 0 Å². The van der Waals surface area contributed by atoms with Gasteiger partial charge in [-0.25, -0.2) is 4.98 Å². The molecule has 2 nitrogen and oxygen atoms in total. The summed E-state index contributed by atoms with van der Waals surface area (Å²) in [6, 6.07) is 11.8. The van der Waals surface area contributed by atoms with E-state index in [1.165, 1.54) is 0 Å². The van der Waals surface area contributed by atoms with Crippen molar-refractivity contribution in [3.63, 3.8) is 0 Å². The second-order valence-electron chi connectivity index (χ2n) is 3.75. The summed E-state index contributed by atoms with van der Waals surface area (Å²) in [6.07, 6.45) is 3.83. The third-order valence-corrected chi connectivity index (χ3v) is 3.31. The zero-order chi connectivity index (χ0) is 11.8. The molecule has 2 heterocycles. The van der Waals surface area contributed by atoms with Crippen molar-refractivity contribution in [3.05, 3.63) is 58.3 Å². The highest BCUT2D eigenvalue weighted by molar-refractivity contribution is 9.10. The normalized spacial score (nSPS) is 10.3. The predicted octanol–water partition coefficient (Wildman–Crippen LogP) is 5.00. The Morgan fingerprint density at radius 1 is 1.00 bits per heavy atom. The third-order valence-electron chi connectivity index (χ3n) is 2.55. The van der Waals surface area contributed by atoms with E-state index in [0.29, 0.717) is 5.02 Å². The molecule has 0 amide bonds. The molecule has 0 atom stereocenters. The van der Waals surface area contributed by atoms with Crippen molar-refractivity contribution in [2.75, 3.05) is 0 Å². The Hall–Kier alpha value is -0.840. The SMILES string of the molecule is Br.Clc1ccc2nc(-c3ccc(Br)cc3)cn2c1. The molecule has 2 aromatic heterocycles. The predicted molar refractivity (Wildman–Crippen MR) is 83.7 cm³/mol. The molecule has 0 radical (unpaired) electrons. The molecule has 0 aliphatic rings. The van der Waals surface area contributed by atoms with Crippen LogP contribution < -0.4 is 0 Å². The fourth-order valence-electron chi connectivity index (χ4n) is 1.72. The van der Waals surface area contributed by atoms with Crippen molar-refractivity contribution in [1.29, 1.82) is 0 Å². The number of halogens is 3. The molecule has 0 aliphatic carbocycles. The van der Waals surface area contributed by atoms with Crippen LogP contribution in [-0.4, -0.2) is 9.38 Å². The molecule has 0 saturated heterocycles. The van der Waals surface area contributed by atoms with Crippen molar-refractivity contribution in [2.45, 2.75) is 0 Å². The van der Waals surface area contributed by atoms with Gasteiger partial charge in [-0.1, -0.05) is 39.7 Å². The van der Waals surface area contributed by atoms with Crippen LogP contribution in [0.15, 0.2) is 53.3 Å². The van der Waals surface area contributed by atoms with Crippen molar-refractivity contribution in [3.8, 4) is 11.3 Å². The minimum absolute atomic E-state index is 0. The summed E-state index contributed by atoms with van der Waals surface area (Å²) in [6.45, 7) is 0. The van der Waals surface area contributed by atoms with Crippen LogP contribution in [0.5, 0.6) is 0 Å². The molecule has 0 bridgehead atoms. The van der Waals surface area contributed by atoms with E-state index in [1.54, 1.807) is 0 Å². The van der Waals surface area contributed by atoms with E-state index in [2.05, 4.69) is 20.9 Å². The van der Waals surface area contributed by atoms with E-state index in [9.17, 15) is 0 Å². The Kier molecular flexibility index (Phi) is 4.10. The molecule has 0 aliphatic heterocycles. The Labute approximate surface area is 129 Å². The maximum absolute atomic E-state index is 5.94. The van der Waals surface area contributed by atoms with E-state index >= 15 is 0 Å². The van der Waals surface area contributed by atoms with Crippen LogP contribution in [0.4, 0.5) is 0 Å². The number of fused-ring (bicyclic) bond motifs is 1. The highest BCUT2D eigenvalue weighted by Gasteiger charge is 2.04. The molecule has 5 heteroatoms. The fourth-order valence-corrected chi connectivity index (χ4v) is 2.16. The average Bonchev–Trinajstić information content (AvgIpc) is 2.72. The smallest absolute Gasteiger partial charge is 0.137 e. The van der Waals surface area contributed by atoms with Gasteiger partial charge in [-0.15, -0.1) is 17.0 Å². The lowest BCUT2D eigenvalue weighted by Gasteiger charge is -1.95. The lowest BCUT2D eigenvalue weighted by Crippen LogP contribution is -1.79. The van der Waals surface area contributed by atoms with Crippen LogP contribution in [0, 0.1) is 0 Å². The summed E-state index contributed by atoms with van der Waals surface area (Å²) in [5.74, 6) is 0. The van der Waals surface area contributed by atoms with Crippen LogP contribution in [0.1, 0.15) is 0 Å². The highest BCUT2D eigenvalue weighted by atomic mass is 79.9. The molecule has 0 unspecified atom stereocenters. The Morgan fingerprint density at radius 3 is 2.44 bits per heavy atom. The van der Waals surface area contributed by atoms with Crippen molar-refractivity contribution < 1.29 is 0 Å². The molecular formula is C13H9Br2ClN2. The first kappa shape index (κ1) is 13.6. The zero-order valence-electron chi connectivity index (χ0n) is 9.18. The van der Waals surface area contributed by atoms with E-state index in [0.717, 1.165) is 21.4 Å². The van der Waals surface area contributed by atoms with Gasteiger partial charge in [-0.05, 0) is 24.3 Å². The first-order valence-electron chi connectivity index (χ1n) is 5.12. The van der Waals surface area contributed by atoms with Gasteiger partial charge in [0.1, 0.15) is 5.65 Å². The van der Waals surface area contributed by atoms with Gasteiger partial charge in [0.05, 0.1) is 10.7 Å². The van der Waals surface area contributed by atoms with Crippen LogP contribution in [0.3, 0.4) is 0 Å². The fraction of sp³-hybridized carbons (Fsp3) is 0. The van der Waals surface area contributed by atoms with Crippen molar-refractivity contribution >= 4 is 50.2 Å². The summed E-state index contributed by atoms with van der Waals surface area (Å²) < 4.78 is 2.99. The minimum atomic E-state index is 0. The van der Waals surface area contributed by atoms with Gasteiger partial charge >= 0.3 is 0 Å². The summed E-state index contributed by atoms with van der Waals surface area (Å²) in [7, 11) is 0. The largest absolute Gasteiger partial charge is 0.305 e. The molecule has 1 aromatic carbocycles. The van der Waals surface area contributed by atoms with Gasteiger partial charge in [-0.2, -0.15) is 0 Å². The topological polar surface area (TPSA) is 17.3 Å². The van der Waals surface area contributed by atoms with Crippen LogP contribution in [0.2, 0.25) is 5.02 Å². The Balaban J connectivity index is 0.00000120. The number of imidazole rings is 1. The Bertz CT molecular complexity index is 677. The molecule has 92 valence electrons. The van der Waals surface area contributed by atoms with E-state index < -0.39 is 0 Å². The summed E-state index contributed by atoms with van der Waals surface area (Å²) in [4.78, 5) is 4.54. The number of aromatic nitrogens is 2. The average molecular weight is 388 g/mol. The number of hydrogen-bond donors (Lipinski definition) is 0. The van der Waals surface area contributed by atoms with Gasteiger partial charge in [0.25, 0.3) is 0 Å². The second-order valence-corrected chi connectivity index (χ2v) is 5.10. The first-order chi connectivity index (χ1) is 8.22. The molecule has 3 aromatic rings. The highest BCUT2D eigenvalue weighted by Crippen LogP contribution is 2.22. The number of pyridine rings is 1. The van der Waals surface area contributed by atoms with E-state index in [1.807, 2.05) is 53.2 Å². The van der Waals surface area contributed by atoms with E-state index in [4.69, 9.17) is 11.6 Å². The minimum Gasteiger partial charge on any atom is -0.305 e. The first-order valence-corrected chi connectivity index (χ1v) is 6.30. The summed E-state index contributed by atoms with van der Waals surface area (Å²) >= 11 is 9.36. The molecular weight excluding hydrogens is 379 g/mol. The second kappa shape index (κ2) is 5.43. The lowest BCUT2D eigenvalue weighted by molar-refractivity contribution is 1.19. The maximum Gasteiger partial charge on any atom is 0.137 e. The zero-order valence-corrected chi connectivity index (χ0v) is 13.2. The number of rotatable bonds is 1. The standard InChI is InChI=1S/C13H8BrClN2.BrH/c14-10-3-1-9(2-4-10)12-8-17-7-11(15)5-6-13(17)16-12;/h1-8H;1H. The number of benzene rings is 1. The molecule has 3 rings (SSSR count). The quantitative estimate of drug-likeness (QED) is 0.574. The summed E-state index contributed by atoms with van der Waals surface area (Å²) in [5.41, 5.74) is 2.93. The van der Waals surface area contributed by atoms with Crippen molar-refractivity contribution in [1.82, 2.24) is 9.38 Å². The monoisotopic (exact) mass is 386 g/mol. The van der Waals surface area contributed by atoms with Gasteiger partial charge in [0, 0.05) is 22.4 Å². The molecule has 0 N–H and O–H groups in total. The molecule has 0 spiro atoms.